The second kappa shape index (κ2) is 9.32. The Balaban J connectivity index is 1.37. The summed E-state index contributed by atoms with van der Waals surface area (Å²) in [6.07, 6.45) is 1.85. The lowest BCUT2D eigenvalue weighted by Crippen LogP contribution is -2.27. The zero-order chi connectivity index (χ0) is 21.1. The molecule has 158 valence electrons. The van der Waals surface area contributed by atoms with E-state index in [1.165, 1.54) is 27.8 Å². The summed E-state index contributed by atoms with van der Waals surface area (Å²) in [4.78, 5) is 23.4. The number of benzene rings is 1. The predicted octanol–water partition coefficient (Wildman–Crippen LogP) is 3.82. The molecule has 0 fully saturated rings. The summed E-state index contributed by atoms with van der Waals surface area (Å²) in [6.45, 7) is 5.55. The Morgan fingerprint density at radius 3 is 2.90 bits per heavy atom. The number of aromatic nitrogens is 2. The molecule has 0 saturated heterocycles. The molecule has 0 bridgehead atoms. The van der Waals surface area contributed by atoms with E-state index in [-0.39, 0.29) is 17.8 Å². The maximum absolute atomic E-state index is 12.2. The van der Waals surface area contributed by atoms with Crippen LogP contribution in [-0.2, 0) is 29.0 Å². The van der Waals surface area contributed by atoms with Crippen LogP contribution in [0.5, 0.6) is 0 Å². The number of nitrogen functional groups attached to an aromatic ring is 1. The van der Waals surface area contributed by atoms with Gasteiger partial charge in [0.15, 0.2) is 5.16 Å². The number of thiophene rings is 1. The smallest absolute Gasteiger partial charge is 0.230 e. The number of thioether (sulfide) groups is 1. The quantitative estimate of drug-likeness (QED) is 0.427. The zero-order valence-corrected chi connectivity index (χ0v) is 18.8. The molecule has 1 aromatic carbocycles. The Morgan fingerprint density at radius 2 is 2.13 bits per heavy atom. The molecule has 1 aliphatic rings. The number of hydrogen-bond acceptors (Lipinski definition) is 7. The summed E-state index contributed by atoms with van der Waals surface area (Å²) in [7, 11) is 0. The van der Waals surface area contributed by atoms with Gasteiger partial charge < -0.3 is 15.8 Å². The fourth-order valence-corrected chi connectivity index (χ4v) is 5.42. The molecule has 3 heterocycles. The summed E-state index contributed by atoms with van der Waals surface area (Å²) >= 11 is 2.93. The number of carbonyl (C=O) groups excluding carboxylic acids is 1. The molecule has 30 heavy (non-hydrogen) atoms. The maximum atomic E-state index is 12.2. The molecule has 0 radical (unpaired) electrons. The van der Waals surface area contributed by atoms with Crippen LogP contribution in [0.2, 0.25) is 0 Å². The van der Waals surface area contributed by atoms with Gasteiger partial charge in [-0.25, -0.2) is 9.97 Å². The minimum absolute atomic E-state index is 0.0307. The highest BCUT2D eigenvalue weighted by Gasteiger charge is 2.27. The summed E-state index contributed by atoms with van der Waals surface area (Å²) in [5, 5.41) is 4.45. The minimum Gasteiger partial charge on any atom is -0.383 e. The van der Waals surface area contributed by atoms with Crippen LogP contribution in [-0.4, -0.2) is 34.3 Å². The molecule has 4 rings (SSSR count). The van der Waals surface area contributed by atoms with E-state index in [0.29, 0.717) is 30.0 Å². The molecular formula is C22H26N4O2S2. The third-order valence-corrected chi connectivity index (χ3v) is 7.18. The number of amides is 1. The number of ether oxygens (including phenoxy) is 1. The van der Waals surface area contributed by atoms with Crippen molar-refractivity contribution >= 4 is 45.0 Å². The highest BCUT2D eigenvalue weighted by molar-refractivity contribution is 7.99. The number of carbonyl (C=O) groups is 1. The lowest BCUT2D eigenvalue weighted by atomic mass is 9.96. The van der Waals surface area contributed by atoms with Gasteiger partial charge in [0, 0.05) is 17.8 Å². The topological polar surface area (TPSA) is 90.1 Å². The number of nitrogens with zero attached hydrogens (tertiary/aromatic N) is 2. The lowest BCUT2D eigenvalue weighted by Gasteiger charge is -2.26. The van der Waals surface area contributed by atoms with E-state index in [2.05, 4.69) is 41.3 Å². The van der Waals surface area contributed by atoms with E-state index in [0.717, 1.165) is 23.1 Å². The Labute approximate surface area is 184 Å². The van der Waals surface area contributed by atoms with Gasteiger partial charge in [0.1, 0.15) is 10.6 Å². The van der Waals surface area contributed by atoms with E-state index in [4.69, 9.17) is 10.5 Å². The lowest BCUT2D eigenvalue weighted by molar-refractivity contribution is -0.118. The van der Waals surface area contributed by atoms with Crippen molar-refractivity contribution in [1.82, 2.24) is 15.3 Å². The monoisotopic (exact) mass is 442 g/mol. The van der Waals surface area contributed by atoms with Crippen molar-refractivity contribution in [2.45, 2.75) is 44.6 Å². The van der Waals surface area contributed by atoms with E-state index < -0.39 is 0 Å². The van der Waals surface area contributed by atoms with E-state index in [1.54, 1.807) is 11.3 Å². The van der Waals surface area contributed by atoms with E-state index >= 15 is 0 Å². The fourth-order valence-electron chi connectivity index (χ4n) is 3.55. The van der Waals surface area contributed by atoms with Gasteiger partial charge in [-0.05, 0) is 23.5 Å². The molecule has 8 heteroatoms. The van der Waals surface area contributed by atoms with Crippen LogP contribution in [0.1, 0.15) is 29.9 Å². The zero-order valence-electron chi connectivity index (χ0n) is 17.2. The van der Waals surface area contributed by atoms with Crippen molar-refractivity contribution in [1.29, 1.82) is 0 Å². The first-order valence-electron chi connectivity index (χ1n) is 10.1. The second-order valence-electron chi connectivity index (χ2n) is 7.75. The van der Waals surface area contributed by atoms with Gasteiger partial charge in [-0.2, -0.15) is 0 Å². The molecule has 0 saturated carbocycles. The summed E-state index contributed by atoms with van der Waals surface area (Å²) in [5.41, 5.74) is 8.73. The SMILES string of the molecule is CC(C)[C@H]1Cc2c(sc3nc(SCC(=O)NCCc4ccccc4)nc(N)c23)CO1. The van der Waals surface area contributed by atoms with Crippen molar-refractivity contribution in [3.8, 4) is 0 Å². The standard InChI is InChI=1S/C22H26N4O2S2/c1-13(2)16-10-15-17(11-28-16)30-21-19(15)20(23)25-22(26-21)29-12-18(27)24-9-8-14-6-4-3-5-7-14/h3-7,13,16H,8-12H2,1-2H3,(H,24,27)(H2,23,25,26)/t16-/m1/s1. The molecule has 3 N–H and O–H groups in total. The van der Waals surface area contributed by atoms with Crippen LogP contribution in [0.4, 0.5) is 5.82 Å². The first kappa shape index (κ1) is 21.1. The van der Waals surface area contributed by atoms with Crippen LogP contribution in [0.15, 0.2) is 35.5 Å². The number of rotatable bonds is 7. The van der Waals surface area contributed by atoms with Gasteiger partial charge in [0.05, 0.1) is 23.8 Å². The Bertz CT molecular complexity index is 1040. The molecule has 1 atom stereocenters. The summed E-state index contributed by atoms with van der Waals surface area (Å²) < 4.78 is 5.98. The van der Waals surface area contributed by atoms with Gasteiger partial charge in [0.25, 0.3) is 0 Å². The molecule has 3 aromatic rings. The average Bonchev–Trinajstić information content (AvgIpc) is 3.11. The molecule has 2 aromatic heterocycles. The fraction of sp³-hybridized carbons (Fsp3) is 0.409. The van der Waals surface area contributed by atoms with Crippen LogP contribution in [0.25, 0.3) is 10.2 Å². The van der Waals surface area contributed by atoms with Crippen molar-refractivity contribution in [2.75, 3.05) is 18.0 Å². The van der Waals surface area contributed by atoms with Gasteiger partial charge in [-0.3, -0.25) is 4.79 Å². The van der Waals surface area contributed by atoms with Crippen molar-refractivity contribution in [3.05, 3.63) is 46.3 Å². The van der Waals surface area contributed by atoms with Crippen molar-refractivity contribution in [3.63, 3.8) is 0 Å². The molecule has 1 amide bonds. The summed E-state index contributed by atoms with van der Waals surface area (Å²) in [5.74, 6) is 1.18. The molecule has 6 nitrogen and oxygen atoms in total. The molecule has 0 aliphatic carbocycles. The number of fused-ring (bicyclic) bond motifs is 3. The normalized spacial score (nSPS) is 16.0. The second-order valence-corrected chi connectivity index (χ2v) is 9.77. The Morgan fingerprint density at radius 1 is 1.33 bits per heavy atom. The van der Waals surface area contributed by atoms with Crippen molar-refractivity contribution < 1.29 is 9.53 Å². The van der Waals surface area contributed by atoms with Crippen LogP contribution in [0, 0.1) is 5.92 Å². The summed E-state index contributed by atoms with van der Waals surface area (Å²) in [6, 6.07) is 10.1. The highest BCUT2D eigenvalue weighted by Crippen LogP contribution is 2.39. The number of hydrogen-bond donors (Lipinski definition) is 2. The largest absolute Gasteiger partial charge is 0.383 e. The van der Waals surface area contributed by atoms with Crippen LogP contribution in [0.3, 0.4) is 0 Å². The number of nitrogens with two attached hydrogens (primary N) is 1. The molecule has 1 aliphatic heterocycles. The maximum Gasteiger partial charge on any atom is 0.230 e. The van der Waals surface area contributed by atoms with Gasteiger partial charge in [-0.1, -0.05) is 55.9 Å². The predicted molar refractivity (Wildman–Crippen MR) is 123 cm³/mol. The number of nitrogens with one attached hydrogen (secondary N) is 1. The average molecular weight is 443 g/mol. The molecule has 0 unspecified atom stereocenters. The Kier molecular flexibility index (Phi) is 6.55. The van der Waals surface area contributed by atoms with Gasteiger partial charge >= 0.3 is 0 Å². The van der Waals surface area contributed by atoms with Crippen LogP contribution >= 0.6 is 23.1 Å². The highest BCUT2D eigenvalue weighted by atomic mass is 32.2. The number of anilines is 1. The van der Waals surface area contributed by atoms with Crippen LogP contribution < -0.4 is 11.1 Å². The first-order chi connectivity index (χ1) is 14.5. The van der Waals surface area contributed by atoms with E-state index in [9.17, 15) is 4.79 Å². The third kappa shape index (κ3) is 4.77. The Hall–Kier alpha value is -2.16. The minimum atomic E-state index is -0.0307. The van der Waals surface area contributed by atoms with E-state index in [1.807, 2.05) is 18.2 Å². The van der Waals surface area contributed by atoms with Crippen molar-refractivity contribution in [2.24, 2.45) is 5.92 Å². The van der Waals surface area contributed by atoms with Gasteiger partial charge in [0.2, 0.25) is 5.91 Å². The first-order valence-corrected chi connectivity index (χ1v) is 11.9. The van der Waals surface area contributed by atoms with Gasteiger partial charge in [-0.15, -0.1) is 11.3 Å². The molecular weight excluding hydrogens is 416 g/mol. The third-order valence-electron chi connectivity index (χ3n) is 5.23. The molecule has 0 spiro atoms.